The molecular formula is C19H17FN4O. The first-order chi connectivity index (χ1) is 12.2. The first-order valence-corrected chi connectivity index (χ1v) is 7.87. The van der Waals surface area contributed by atoms with E-state index in [9.17, 15) is 9.18 Å². The summed E-state index contributed by atoms with van der Waals surface area (Å²) >= 11 is 0. The van der Waals surface area contributed by atoms with E-state index in [0.717, 1.165) is 12.0 Å². The molecule has 3 rings (SSSR count). The zero-order chi connectivity index (χ0) is 17.5. The third-order valence-corrected chi connectivity index (χ3v) is 3.56. The largest absolute Gasteiger partial charge is 0.370 e. The Bertz CT molecular complexity index is 838. The van der Waals surface area contributed by atoms with Gasteiger partial charge in [0, 0.05) is 18.3 Å². The minimum absolute atomic E-state index is 0.249. The molecule has 6 heteroatoms. The molecule has 0 fully saturated rings. The minimum Gasteiger partial charge on any atom is -0.370 e. The number of carbonyl (C=O) groups excluding carboxylic acids is 1. The number of nitrogens with zero attached hydrogens (tertiary/aromatic N) is 2. The topological polar surface area (TPSA) is 66.9 Å². The maximum absolute atomic E-state index is 12.9. The molecule has 1 aromatic heterocycles. The van der Waals surface area contributed by atoms with Crippen LogP contribution in [0.3, 0.4) is 0 Å². The van der Waals surface area contributed by atoms with Crippen molar-refractivity contribution in [2.45, 2.75) is 6.42 Å². The highest BCUT2D eigenvalue weighted by molar-refractivity contribution is 6.03. The quantitative estimate of drug-likeness (QED) is 0.723. The van der Waals surface area contributed by atoms with E-state index in [4.69, 9.17) is 0 Å². The lowest BCUT2D eigenvalue weighted by molar-refractivity contribution is 0.102. The molecule has 0 bridgehead atoms. The molecule has 0 aliphatic heterocycles. The second-order valence-corrected chi connectivity index (χ2v) is 5.41. The van der Waals surface area contributed by atoms with E-state index in [1.54, 1.807) is 30.3 Å². The van der Waals surface area contributed by atoms with Crippen LogP contribution in [0.15, 0.2) is 67.0 Å². The van der Waals surface area contributed by atoms with Gasteiger partial charge in [-0.1, -0.05) is 30.3 Å². The predicted molar refractivity (Wildman–Crippen MR) is 95.0 cm³/mol. The zero-order valence-electron chi connectivity index (χ0n) is 13.4. The Labute approximate surface area is 145 Å². The van der Waals surface area contributed by atoms with E-state index < -0.39 is 0 Å². The van der Waals surface area contributed by atoms with Crippen LogP contribution in [-0.4, -0.2) is 22.4 Å². The summed E-state index contributed by atoms with van der Waals surface area (Å²) in [5, 5.41) is 5.92. The van der Waals surface area contributed by atoms with Crippen LogP contribution in [0.1, 0.15) is 16.1 Å². The number of anilines is 2. The molecule has 126 valence electrons. The smallest absolute Gasteiger partial charge is 0.274 e. The van der Waals surface area contributed by atoms with Crippen LogP contribution < -0.4 is 10.6 Å². The number of hydrogen-bond acceptors (Lipinski definition) is 4. The van der Waals surface area contributed by atoms with Crippen LogP contribution in [-0.2, 0) is 6.42 Å². The number of rotatable bonds is 6. The molecule has 1 heterocycles. The monoisotopic (exact) mass is 336 g/mol. The van der Waals surface area contributed by atoms with Crippen LogP contribution in [0.25, 0.3) is 0 Å². The van der Waals surface area contributed by atoms with E-state index in [-0.39, 0.29) is 17.4 Å². The van der Waals surface area contributed by atoms with Gasteiger partial charge in [-0.15, -0.1) is 0 Å². The summed E-state index contributed by atoms with van der Waals surface area (Å²) in [6.45, 7) is 0.613. The van der Waals surface area contributed by atoms with E-state index >= 15 is 0 Å². The molecule has 0 aliphatic rings. The van der Waals surface area contributed by atoms with E-state index in [0.29, 0.717) is 18.1 Å². The van der Waals surface area contributed by atoms with Crippen molar-refractivity contribution < 1.29 is 9.18 Å². The van der Waals surface area contributed by atoms with Crippen molar-refractivity contribution in [3.05, 3.63) is 84.1 Å². The van der Waals surface area contributed by atoms with Crippen molar-refractivity contribution >= 4 is 17.4 Å². The first kappa shape index (κ1) is 16.6. The lowest BCUT2D eigenvalue weighted by Crippen LogP contribution is -2.15. The highest BCUT2D eigenvalue weighted by Gasteiger charge is 2.09. The van der Waals surface area contributed by atoms with Gasteiger partial charge in [-0.3, -0.25) is 4.79 Å². The molecule has 25 heavy (non-hydrogen) atoms. The Balaban J connectivity index is 1.57. The van der Waals surface area contributed by atoms with Gasteiger partial charge in [-0.05, 0) is 36.2 Å². The van der Waals surface area contributed by atoms with Gasteiger partial charge >= 0.3 is 0 Å². The van der Waals surface area contributed by atoms with Gasteiger partial charge in [0.25, 0.3) is 5.91 Å². The van der Waals surface area contributed by atoms with Gasteiger partial charge in [0.15, 0.2) is 0 Å². The molecule has 5 nitrogen and oxygen atoms in total. The molecule has 0 aliphatic carbocycles. The standard InChI is InChI=1S/C19H17FN4O/c20-15-8-6-14(7-9-15)10-11-21-18-12-17(22-13-23-18)19(25)24-16-4-2-1-3-5-16/h1-9,12-13H,10-11H2,(H,24,25)(H,21,22,23). The van der Waals surface area contributed by atoms with Crippen LogP contribution in [0, 0.1) is 5.82 Å². The Morgan fingerprint density at radius 2 is 1.76 bits per heavy atom. The predicted octanol–water partition coefficient (Wildman–Crippen LogP) is 3.52. The Morgan fingerprint density at radius 3 is 2.52 bits per heavy atom. The molecule has 0 spiro atoms. The molecule has 2 aromatic carbocycles. The molecule has 0 saturated carbocycles. The van der Waals surface area contributed by atoms with E-state index in [2.05, 4.69) is 20.6 Å². The lowest BCUT2D eigenvalue weighted by Gasteiger charge is -2.08. The summed E-state index contributed by atoms with van der Waals surface area (Å²) < 4.78 is 12.9. The first-order valence-electron chi connectivity index (χ1n) is 7.87. The SMILES string of the molecule is O=C(Nc1ccccc1)c1cc(NCCc2ccc(F)cc2)ncn1. The molecule has 0 atom stereocenters. The van der Waals surface area contributed by atoms with Crippen LogP contribution in [0.4, 0.5) is 15.9 Å². The fraction of sp³-hybridized carbons (Fsp3) is 0.105. The van der Waals surface area contributed by atoms with Crippen LogP contribution >= 0.6 is 0 Å². The number of carbonyl (C=O) groups is 1. The van der Waals surface area contributed by atoms with Crippen molar-refractivity contribution in [3.8, 4) is 0 Å². The summed E-state index contributed by atoms with van der Waals surface area (Å²) in [4.78, 5) is 20.3. The number of halogens is 1. The average molecular weight is 336 g/mol. The van der Waals surface area contributed by atoms with Gasteiger partial charge in [-0.2, -0.15) is 0 Å². The maximum Gasteiger partial charge on any atom is 0.274 e. The fourth-order valence-electron chi connectivity index (χ4n) is 2.28. The Hall–Kier alpha value is -3.28. The van der Waals surface area contributed by atoms with Gasteiger partial charge in [0.2, 0.25) is 0 Å². The molecule has 0 radical (unpaired) electrons. The summed E-state index contributed by atoms with van der Waals surface area (Å²) in [5.41, 5.74) is 2.00. The van der Waals surface area contributed by atoms with Crippen molar-refractivity contribution in [1.29, 1.82) is 0 Å². The Morgan fingerprint density at radius 1 is 1.00 bits per heavy atom. The number of hydrogen-bond donors (Lipinski definition) is 2. The van der Waals surface area contributed by atoms with Crippen molar-refractivity contribution in [2.75, 3.05) is 17.2 Å². The maximum atomic E-state index is 12.9. The number of benzene rings is 2. The third-order valence-electron chi connectivity index (χ3n) is 3.56. The second kappa shape index (κ2) is 8.01. The van der Waals surface area contributed by atoms with Gasteiger partial charge in [0.1, 0.15) is 23.7 Å². The fourth-order valence-corrected chi connectivity index (χ4v) is 2.28. The molecule has 0 saturated heterocycles. The van der Waals surface area contributed by atoms with Crippen molar-refractivity contribution in [2.24, 2.45) is 0 Å². The number of aromatic nitrogens is 2. The van der Waals surface area contributed by atoms with Crippen LogP contribution in [0.5, 0.6) is 0 Å². The van der Waals surface area contributed by atoms with E-state index in [1.165, 1.54) is 18.5 Å². The van der Waals surface area contributed by atoms with E-state index in [1.807, 2.05) is 18.2 Å². The molecule has 3 aromatic rings. The molecular weight excluding hydrogens is 319 g/mol. The van der Waals surface area contributed by atoms with Crippen molar-refractivity contribution in [3.63, 3.8) is 0 Å². The number of amides is 1. The molecule has 2 N–H and O–H groups in total. The normalized spacial score (nSPS) is 10.3. The summed E-state index contributed by atoms with van der Waals surface area (Å²) in [7, 11) is 0. The summed E-state index contributed by atoms with van der Waals surface area (Å²) in [5.74, 6) is 0.0205. The zero-order valence-corrected chi connectivity index (χ0v) is 13.4. The van der Waals surface area contributed by atoms with Crippen molar-refractivity contribution in [1.82, 2.24) is 9.97 Å². The highest BCUT2D eigenvalue weighted by Crippen LogP contribution is 2.10. The van der Waals surface area contributed by atoms with Crippen LogP contribution in [0.2, 0.25) is 0 Å². The molecule has 1 amide bonds. The number of para-hydroxylation sites is 1. The van der Waals surface area contributed by atoms with Gasteiger partial charge in [0.05, 0.1) is 0 Å². The lowest BCUT2D eigenvalue weighted by atomic mass is 10.1. The Kier molecular flexibility index (Phi) is 5.31. The molecule has 0 unspecified atom stereocenters. The summed E-state index contributed by atoms with van der Waals surface area (Å²) in [6.07, 6.45) is 2.07. The summed E-state index contributed by atoms with van der Waals surface area (Å²) in [6, 6.07) is 17.1. The van der Waals surface area contributed by atoms with Gasteiger partial charge in [-0.25, -0.2) is 14.4 Å². The highest BCUT2D eigenvalue weighted by atomic mass is 19.1. The minimum atomic E-state index is -0.296. The third kappa shape index (κ3) is 4.84. The number of nitrogens with one attached hydrogen (secondary N) is 2. The van der Waals surface area contributed by atoms with Gasteiger partial charge < -0.3 is 10.6 Å². The average Bonchev–Trinajstić information content (AvgIpc) is 2.64. The second-order valence-electron chi connectivity index (χ2n) is 5.41.